The summed E-state index contributed by atoms with van der Waals surface area (Å²) in [6, 6.07) is 7.38. The lowest BCUT2D eigenvalue weighted by molar-refractivity contribution is -0.127. The molecule has 1 unspecified atom stereocenters. The van der Waals surface area contributed by atoms with Gasteiger partial charge in [0.2, 0.25) is 5.88 Å². The van der Waals surface area contributed by atoms with Crippen molar-refractivity contribution in [3.8, 4) is 17.4 Å². The van der Waals surface area contributed by atoms with Crippen LogP contribution in [0.1, 0.15) is 36.1 Å². The van der Waals surface area contributed by atoms with Gasteiger partial charge < -0.3 is 14.8 Å². The van der Waals surface area contributed by atoms with Crippen LogP contribution in [-0.4, -0.2) is 28.5 Å². The van der Waals surface area contributed by atoms with Crippen LogP contribution in [0.5, 0.6) is 17.4 Å². The molecule has 7 heteroatoms. The van der Waals surface area contributed by atoms with E-state index in [4.69, 9.17) is 9.47 Å². The van der Waals surface area contributed by atoms with Crippen molar-refractivity contribution in [2.45, 2.75) is 44.6 Å². The Morgan fingerprint density at radius 2 is 1.89 bits per heavy atom. The van der Waals surface area contributed by atoms with Crippen molar-refractivity contribution in [1.82, 2.24) is 15.3 Å². The van der Waals surface area contributed by atoms with Crippen LogP contribution in [-0.2, 0) is 17.6 Å². The summed E-state index contributed by atoms with van der Waals surface area (Å²) in [6.45, 7) is 0.727. The number of hydrogen-bond acceptors (Lipinski definition) is 6. The number of benzene rings is 1. The van der Waals surface area contributed by atoms with E-state index in [0.29, 0.717) is 17.4 Å². The third-order valence-corrected chi connectivity index (χ3v) is 6.47. The van der Waals surface area contributed by atoms with E-state index in [1.165, 1.54) is 16.9 Å². The predicted octanol–water partition coefficient (Wildman–Crippen LogP) is 4.02. The van der Waals surface area contributed by atoms with Gasteiger partial charge in [-0.2, -0.15) is 0 Å². The van der Waals surface area contributed by atoms with Crippen molar-refractivity contribution in [3.05, 3.63) is 41.0 Å². The molecular formula is C21H21N3O3S. The molecule has 3 aromatic rings. The minimum Gasteiger partial charge on any atom is -0.481 e. The molecular weight excluding hydrogens is 374 g/mol. The van der Waals surface area contributed by atoms with Gasteiger partial charge in [0, 0.05) is 11.4 Å². The molecule has 2 aromatic heterocycles. The molecule has 0 radical (unpaired) electrons. The summed E-state index contributed by atoms with van der Waals surface area (Å²) in [6.07, 6.45) is 7.23. The first-order valence-electron chi connectivity index (χ1n) is 9.75. The van der Waals surface area contributed by atoms with Crippen LogP contribution in [0.4, 0.5) is 0 Å². The van der Waals surface area contributed by atoms with Gasteiger partial charge in [0.25, 0.3) is 5.91 Å². The van der Waals surface area contributed by atoms with Crippen LogP contribution >= 0.6 is 11.3 Å². The lowest BCUT2D eigenvalue weighted by atomic mass is 10.2. The lowest BCUT2D eigenvalue weighted by Gasteiger charge is -2.16. The minimum absolute atomic E-state index is 0.0347. The first-order valence-corrected chi connectivity index (χ1v) is 10.6. The van der Waals surface area contributed by atoms with Crippen molar-refractivity contribution < 1.29 is 14.3 Å². The van der Waals surface area contributed by atoms with Gasteiger partial charge in [0.05, 0.1) is 5.39 Å². The molecule has 28 heavy (non-hydrogen) atoms. The fraction of sp³-hybridized carbons (Fsp3) is 0.381. The quantitative estimate of drug-likeness (QED) is 0.722. The highest BCUT2D eigenvalue weighted by Gasteiger charge is 2.23. The third kappa shape index (κ3) is 3.30. The maximum atomic E-state index is 12.0. The Bertz CT molecular complexity index is 1020. The maximum Gasteiger partial charge on any atom is 0.261 e. The number of carbonyl (C=O) groups excluding carboxylic acids is 1. The number of rotatable bonds is 4. The molecule has 1 N–H and O–H groups in total. The average molecular weight is 395 g/mol. The van der Waals surface area contributed by atoms with Crippen LogP contribution in [0, 0.1) is 0 Å². The average Bonchev–Trinajstić information content (AvgIpc) is 3.23. The Morgan fingerprint density at radius 3 is 2.79 bits per heavy atom. The summed E-state index contributed by atoms with van der Waals surface area (Å²) in [7, 11) is 0. The van der Waals surface area contributed by atoms with Gasteiger partial charge in [0.1, 0.15) is 22.7 Å². The van der Waals surface area contributed by atoms with Crippen molar-refractivity contribution in [2.24, 2.45) is 0 Å². The molecule has 3 heterocycles. The molecule has 0 bridgehead atoms. The van der Waals surface area contributed by atoms with E-state index in [-0.39, 0.29) is 5.91 Å². The fourth-order valence-electron chi connectivity index (χ4n) is 3.86. The van der Waals surface area contributed by atoms with Crippen molar-refractivity contribution >= 4 is 27.5 Å². The van der Waals surface area contributed by atoms with Crippen LogP contribution in [0.25, 0.3) is 10.2 Å². The monoisotopic (exact) mass is 395 g/mol. The van der Waals surface area contributed by atoms with Gasteiger partial charge in [-0.3, -0.25) is 4.79 Å². The van der Waals surface area contributed by atoms with Gasteiger partial charge >= 0.3 is 0 Å². The SMILES string of the molecule is O=C1NCCCCC1Oc1ccc(Oc2ncnc3sc4c(c23)CCC4)cc1. The molecule has 1 aromatic carbocycles. The van der Waals surface area contributed by atoms with Gasteiger partial charge in [-0.1, -0.05) is 0 Å². The van der Waals surface area contributed by atoms with Crippen molar-refractivity contribution in [3.63, 3.8) is 0 Å². The van der Waals surface area contributed by atoms with E-state index < -0.39 is 6.10 Å². The number of fused-ring (bicyclic) bond motifs is 3. The van der Waals surface area contributed by atoms with E-state index in [1.54, 1.807) is 17.7 Å². The van der Waals surface area contributed by atoms with Crippen molar-refractivity contribution in [1.29, 1.82) is 0 Å². The number of aromatic nitrogens is 2. The van der Waals surface area contributed by atoms with Crippen LogP contribution in [0.3, 0.4) is 0 Å². The fourth-order valence-corrected chi connectivity index (χ4v) is 5.08. The zero-order valence-electron chi connectivity index (χ0n) is 15.4. The molecule has 1 aliphatic carbocycles. The molecule has 144 valence electrons. The lowest BCUT2D eigenvalue weighted by Crippen LogP contribution is -2.36. The Kier molecular flexibility index (Phi) is 4.60. The van der Waals surface area contributed by atoms with E-state index in [0.717, 1.165) is 48.9 Å². The molecule has 6 nitrogen and oxygen atoms in total. The molecule has 5 rings (SSSR count). The van der Waals surface area contributed by atoms with Gasteiger partial charge in [-0.15, -0.1) is 11.3 Å². The molecule has 1 amide bonds. The molecule has 1 aliphatic heterocycles. The predicted molar refractivity (Wildman–Crippen MR) is 107 cm³/mol. The number of carbonyl (C=O) groups is 1. The molecule has 1 atom stereocenters. The zero-order valence-corrected chi connectivity index (χ0v) is 16.3. The largest absolute Gasteiger partial charge is 0.481 e. The topological polar surface area (TPSA) is 73.3 Å². The Balaban J connectivity index is 1.34. The second-order valence-corrected chi connectivity index (χ2v) is 8.27. The smallest absolute Gasteiger partial charge is 0.261 e. The van der Waals surface area contributed by atoms with E-state index in [9.17, 15) is 4.79 Å². The summed E-state index contributed by atoms with van der Waals surface area (Å²) < 4.78 is 12.0. The molecule has 2 aliphatic rings. The summed E-state index contributed by atoms with van der Waals surface area (Å²) >= 11 is 1.75. The highest BCUT2D eigenvalue weighted by atomic mass is 32.1. The highest BCUT2D eigenvalue weighted by molar-refractivity contribution is 7.18. The number of ether oxygens (including phenoxy) is 2. The second-order valence-electron chi connectivity index (χ2n) is 7.18. The number of aryl methyl sites for hydroxylation is 2. The Labute approximate surface area is 166 Å². The number of thiophene rings is 1. The standard InChI is InChI=1S/C21H21N3O3S/c25-19-16(5-1-2-11-22-19)26-13-7-9-14(10-8-13)27-20-18-15-4-3-6-17(15)28-21(18)24-12-23-20/h7-10,12,16H,1-6,11H2,(H,22,25). The number of nitrogens with one attached hydrogen (secondary N) is 1. The van der Waals surface area contributed by atoms with Gasteiger partial charge in [-0.05, 0) is 68.4 Å². The van der Waals surface area contributed by atoms with Crippen LogP contribution in [0.15, 0.2) is 30.6 Å². The van der Waals surface area contributed by atoms with Crippen LogP contribution < -0.4 is 14.8 Å². The second kappa shape index (κ2) is 7.39. The van der Waals surface area contributed by atoms with E-state index >= 15 is 0 Å². The van der Waals surface area contributed by atoms with Crippen molar-refractivity contribution in [2.75, 3.05) is 6.54 Å². The Morgan fingerprint density at radius 1 is 1.04 bits per heavy atom. The molecule has 0 saturated carbocycles. The first kappa shape index (κ1) is 17.4. The maximum absolute atomic E-state index is 12.0. The van der Waals surface area contributed by atoms with E-state index in [1.807, 2.05) is 24.3 Å². The van der Waals surface area contributed by atoms with Crippen LogP contribution in [0.2, 0.25) is 0 Å². The first-order chi connectivity index (χ1) is 13.8. The highest BCUT2D eigenvalue weighted by Crippen LogP contribution is 2.41. The van der Waals surface area contributed by atoms with Gasteiger partial charge in [-0.25, -0.2) is 9.97 Å². The van der Waals surface area contributed by atoms with E-state index in [2.05, 4.69) is 15.3 Å². The summed E-state index contributed by atoms with van der Waals surface area (Å²) in [5.74, 6) is 1.93. The molecule has 1 saturated heterocycles. The minimum atomic E-state index is -0.427. The summed E-state index contributed by atoms with van der Waals surface area (Å²) in [5.41, 5.74) is 1.34. The molecule has 1 fully saturated rings. The summed E-state index contributed by atoms with van der Waals surface area (Å²) in [4.78, 5) is 23.2. The number of amides is 1. The zero-order chi connectivity index (χ0) is 18.9. The normalized spacial score (nSPS) is 19.1. The molecule has 0 spiro atoms. The Hall–Kier alpha value is -2.67. The number of nitrogens with zero attached hydrogens (tertiary/aromatic N) is 2. The summed E-state index contributed by atoms with van der Waals surface area (Å²) in [5, 5.41) is 3.94. The van der Waals surface area contributed by atoms with Gasteiger partial charge in [0.15, 0.2) is 6.10 Å². The third-order valence-electron chi connectivity index (χ3n) is 5.27. The number of hydrogen-bond donors (Lipinski definition) is 1.